The fourth-order valence-corrected chi connectivity index (χ4v) is 3.23. The molecule has 15 heavy (non-hydrogen) atoms. The minimum Gasteiger partial charge on any atom is -0.228 e. The molecule has 0 aliphatic heterocycles. The molecule has 2 rings (SSSR count). The van der Waals surface area contributed by atoms with E-state index >= 15 is 0 Å². The van der Waals surface area contributed by atoms with Crippen molar-refractivity contribution in [1.82, 2.24) is 20.2 Å². The summed E-state index contributed by atoms with van der Waals surface area (Å²) in [6.45, 7) is 2.18. The zero-order valence-corrected chi connectivity index (χ0v) is 10.3. The van der Waals surface area contributed by atoms with Gasteiger partial charge in [0.2, 0.25) is 0 Å². The van der Waals surface area contributed by atoms with Gasteiger partial charge in [0, 0.05) is 12.6 Å². The Hall–Kier alpha value is -0.880. The molecule has 80 valence electrons. The van der Waals surface area contributed by atoms with Crippen LogP contribution in [0.3, 0.4) is 0 Å². The standard InChI is InChI=1S/C9H12N4S2/c1-3-5-14-9-7(4-6-15-9)8-10-11-12-13(8)2/h4,6H,3,5H2,1-2H3. The van der Waals surface area contributed by atoms with Crippen LogP contribution in [0.25, 0.3) is 11.4 Å². The van der Waals surface area contributed by atoms with Gasteiger partial charge in [-0.2, -0.15) is 0 Å². The summed E-state index contributed by atoms with van der Waals surface area (Å²) in [6.07, 6.45) is 1.18. The van der Waals surface area contributed by atoms with E-state index < -0.39 is 0 Å². The molecule has 0 saturated heterocycles. The fourth-order valence-electron chi connectivity index (χ4n) is 1.23. The minimum atomic E-state index is 0.842. The summed E-state index contributed by atoms with van der Waals surface area (Å²) in [6, 6.07) is 2.08. The van der Waals surface area contributed by atoms with E-state index in [0.29, 0.717) is 0 Å². The molecule has 0 atom stereocenters. The van der Waals surface area contributed by atoms with Crippen molar-refractivity contribution in [3.63, 3.8) is 0 Å². The predicted molar refractivity (Wildman–Crippen MR) is 63.1 cm³/mol. The Morgan fingerprint density at radius 2 is 2.40 bits per heavy atom. The second-order valence-electron chi connectivity index (χ2n) is 3.10. The number of hydrogen-bond donors (Lipinski definition) is 0. The highest BCUT2D eigenvalue weighted by Crippen LogP contribution is 2.34. The van der Waals surface area contributed by atoms with Crippen LogP contribution in [-0.4, -0.2) is 26.0 Å². The maximum Gasteiger partial charge on any atom is 0.183 e. The van der Waals surface area contributed by atoms with Crippen LogP contribution < -0.4 is 0 Å². The number of nitrogens with zero attached hydrogens (tertiary/aromatic N) is 4. The van der Waals surface area contributed by atoms with Gasteiger partial charge in [-0.1, -0.05) is 6.92 Å². The van der Waals surface area contributed by atoms with Gasteiger partial charge in [-0.05, 0) is 34.0 Å². The molecule has 2 aromatic rings. The molecule has 0 spiro atoms. The first-order valence-electron chi connectivity index (χ1n) is 4.76. The summed E-state index contributed by atoms with van der Waals surface area (Å²) in [5.41, 5.74) is 1.14. The summed E-state index contributed by atoms with van der Waals surface area (Å²) >= 11 is 3.62. The van der Waals surface area contributed by atoms with E-state index in [-0.39, 0.29) is 0 Å². The first kappa shape index (κ1) is 10.6. The Balaban J connectivity index is 2.29. The summed E-state index contributed by atoms with van der Waals surface area (Å²) in [5, 5.41) is 13.6. The van der Waals surface area contributed by atoms with Gasteiger partial charge >= 0.3 is 0 Å². The monoisotopic (exact) mass is 240 g/mol. The zero-order valence-electron chi connectivity index (χ0n) is 8.67. The van der Waals surface area contributed by atoms with E-state index in [9.17, 15) is 0 Å². The second-order valence-corrected chi connectivity index (χ2v) is 5.38. The highest BCUT2D eigenvalue weighted by molar-refractivity contribution is 8.01. The van der Waals surface area contributed by atoms with E-state index in [1.165, 1.54) is 10.6 Å². The lowest BCUT2D eigenvalue weighted by atomic mass is 10.3. The van der Waals surface area contributed by atoms with Gasteiger partial charge in [-0.3, -0.25) is 0 Å². The number of tetrazole rings is 1. The lowest BCUT2D eigenvalue weighted by molar-refractivity contribution is 0.714. The van der Waals surface area contributed by atoms with Gasteiger partial charge in [-0.25, -0.2) is 4.68 Å². The third-order valence-electron chi connectivity index (χ3n) is 1.93. The fraction of sp³-hybridized carbons (Fsp3) is 0.444. The third-order valence-corrected chi connectivity index (χ3v) is 4.37. The van der Waals surface area contributed by atoms with Crippen LogP contribution in [0.1, 0.15) is 13.3 Å². The van der Waals surface area contributed by atoms with E-state index in [1.54, 1.807) is 16.0 Å². The summed E-state index contributed by atoms with van der Waals surface area (Å²) in [4.78, 5) is 0. The largest absolute Gasteiger partial charge is 0.228 e. The first-order valence-corrected chi connectivity index (χ1v) is 6.62. The molecule has 0 amide bonds. The molecule has 0 saturated carbocycles. The van der Waals surface area contributed by atoms with Gasteiger partial charge < -0.3 is 0 Å². The summed E-state index contributed by atoms with van der Waals surface area (Å²) < 4.78 is 3.01. The average Bonchev–Trinajstić information content (AvgIpc) is 2.82. The van der Waals surface area contributed by atoms with Crippen molar-refractivity contribution in [1.29, 1.82) is 0 Å². The molecule has 0 aliphatic rings. The Morgan fingerprint density at radius 3 is 3.07 bits per heavy atom. The van der Waals surface area contributed by atoms with Crippen LogP contribution in [0.2, 0.25) is 0 Å². The average molecular weight is 240 g/mol. The number of aryl methyl sites for hydroxylation is 1. The second kappa shape index (κ2) is 4.76. The smallest absolute Gasteiger partial charge is 0.183 e. The summed E-state index contributed by atoms with van der Waals surface area (Å²) in [5.74, 6) is 1.98. The third kappa shape index (κ3) is 2.21. The van der Waals surface area contributed by atoms with Gasteiger partial charge in [0.15, 0.2) is 5.82 Å². The van der Waals surface area contributed by atoms with Gasteiger partial charge in [0.1, 0.15) is 0 Å². The number of hydrogen-bond acceptors (Lipinski definition) is 5. The lowest BCUT2D eigenvalue weighted by Crippen LogP contribution is -1.94. The maximum absolute atomic E-state index is 4.02. The topological polar surface area (TPSA) is 43.6 Å². The normalized spacial score (nSPS) is 10.8. The Morgan fingerprint density at radius 1 is 1.53 bits per heavy atom. The van der Waals surface area contributed by atoms with E-state index in [2.05, 4.69) is 33.9 Å². The predicted octanol–water partition coefficient (Wildman–Crippen LogP) is 2.44. The van der Waals surface area contributed by atoms with Crippen LogP contribution in [-0.2, 0) is 7.05 Å². The summed E-state index contributed by atoms with van der Waals surface area (Å²) in [7, 11) is 1.86. The van der Waals surface area contributed by atoms with Crippen molar-refractivity contribution in [2.45, 2.75) is 17.6 Å². The van der Waals surface area contributed by atoms with E-state index in [4.69, 9.17) is 0 Å². The molecule has 0 N–H and O–H groups in total. The number of thiophene rings is 1. The van der Waals surface area contributed by atoms with E-state index in [1.807, 2.05) is 18.8 Å². The van der Waals surface area contributed by atoms with Crippen molar-refractivity contribution < 1.29 is 0 Å². The molecule has 0 aliphatic carbocycles. The van der Waals surface area contributed by atoms with Crippen LogP contribution in [0.5, 0.6) is 0 Å². The molecule has 4 nitrogen and oxygen atoms in total. The quantitative estimate of drug-likeness (QED) is 0.770. The zero-order chi connectivity index (χ0) is 10.7. The molecule has 2 heterocycles. The molecule has 2 aromatic heterocycles. The minimum absolute atomic E-state index is 0.842. The van der Waals surface area contributed by atoms with Crippen molar-refractivity contribution in [2.75, 3.05) is 5.75 Å². The Labute approximate surface area is 96.7 Å². The molecule has 0 aromatic carbocycles. The SMILES string of the molecule is CCCSc1sccc1-c1nnnn1C. The van der Waals surface area contributed by atoms with Crippen molar-refractivity contribution in [2.24, 2.45) is 7.05 Å². The molecular formula is C9H12N4S2. The van der Waals surface area contributed by atoms with E-state index in [0.717, 1.165) is 17.1 Å². The van der Waals surface area contributed by atoms with Crippen molar-refractivity contribution in [3.05, 3.63) is 11.4 Å². The molecule has 0 fully saturated rings. The van der Waals surface area contributed by atoms with Crippen LogP contribution >= 0.6 is 23.1 Å². The molecular weight excluding hydrogens is 228 g/mol. The Kier molecular flexibility index (Phi) is 3.37. The molecule has 0 radical (unpaired) electrons. The Bertz CT molecular complexity index is 435. The first-order chi connectivity index (χ1) is 7.33. The highest BCUT2D eigenvalue weighted by Gasteiger charge is 2.12. The number of thioether (sulfide) groups is 1. The van der Waals surface area contributed by atoms with Gasteiger partial charge in [-0.15, -0.1) is 28.2 Å². The number of aromatic nitrogens is 4. The van der Waals surface area contributed by atoms with Crippen LogP contribution in [0.15, 0.2) is 15.7 Å². The molecule has 0 unspecified atom stereocenters. The van der Waals surface area contributed by atoms with Gasteiger partial charge in [0.05, 0.1) is 4.21 Å². The van der Waals surface area contributed by atoms with Crippen molar-refractivity contribution >= 4 is 23.1 Å². The van der Waals surface area contributed by atoms with Gasteiger partial charge in [0.25, 0.3) is 0 Å². The van der Waals surface area contributed by atoms with Crippen molar-refractivity contribution in [3.8, 4) is 11.4 Å². The maximum atomic E-state index is 4.02. The number of rotatable bonds is 4. The highest BCUT2D eigenvalue weighted by atomic mass is 32.2. The lowest BCUT2D eigenvalue weighted by Gasteiger charge is -2.00. The molecule has 6 heteroatoms. The van der Waals surface area contributed by atoms with Crippen LogP contribution in [0.4, 0.5) is 0 Å². The van der Waals surface area contributed by atoms with Crippen LogP contribution in [0, 0.1) is 0 Å². The molecule has 0 bridgehead atoms.